The first-order valence-electron chi connectivity index (χ1n) is 5.93. The average Bonchev–Trinajstić information content (AvgIpc) is 3.09. The lowest BCUT2D eigenvalue weighted by Crippen LogP contribution is -2.18. The van der Waals surface area contributed by atoms with Gasteiger partial charge in [-0.25, -0.2) is 17.9 Å². The molecule has 1 aromatic heterocycles. The molecule has 4 nitrogen and oxygen atoms in total. The summed E-state index contributed by atoms with van der Waals surface area (Å²) in [6.45, 7) is 0.454. The molecule has 0 aliphatic heterocycles. The van der Waals surface area contributed by atoms with Gasteiger partial charge in [0.25, 0.3) is 0 Å². The van der Waals surface area contributed by atoms with Crippen molar-refractivity contribution in [1.29, 1.82) is 0 Å². The van der Waals surface area contributed by atoms with E-state index in [0.717, 1.165) is 18.9 Å². The van der Waals surface area contributed by atoms with Gasteiger partial charge in [0.2, 0.25) is 0 Å². The van der Waals surface area contributed by atoms with Gasteiger partial charge in [-0.15, -0.1) is 5.10 Å². The second-order valence-electron chi connectivity index (χ2n) is 4.51. The molecule has 7 heteroatoms. The van der Waals surface area contributed by atoms with Gasteiger partial charge in [-0.3, -0.25) is 0 Å². The molecule has 1 heterocycles. The van der Waals surface area contributed by atoms with Gasteiger partial charge < -0.3 is 5.32 Å². The number of hydrogen-bond acceptors (Lipinski definition) is 3. The highest BCUT2D eigenvalue weighted by molar-refractivity contribution is 5.35. The minimum Gasteiger partial charge on any atom is -0.308 e. The zero-order chi connectivity index (χ0) is 13.4. The molecule has 0 unspecified atom stereocenters. The molecule has 0 amide bonds. The van der Waals surface area contributed by atoms with Crippen LogP contribution in [0.15, 0.2) is 18.3 Å². The summed E-state index contributed by atoms with van der Waals surface area (Å²) >= 11 is 0. The molecule has 0 bridgehead atoms. The van der Waals surface area contributed by atoms with Crippen LogP contribution in [0, 0.1) is 17.5 Å². The Balaban J connectivity index is 1.92. The smallest absolute Gasteiger partial charge is 0.161 e. The van der Waals surface area contributed by atoms with Gasteiger partial charge in [0.1, 0.15) is 5.69 Å². The van der Waals surface area contributed by atoms with Crippen LogP contribution in [0.1, 0.15) is 18.5 Å². The zero-order valence-electron chi connectivity index (χ0n) is 9.91. The minimum atomic E-state index is -1.22. The standard InChI is InChI=1S/C12H11F3N4/c13-9-3-11(15)12(4-10(9)14)19-8(6-17-18-19)5-16-7-1-2-7/h3-4,6-7,16H,1-2,5H2. The van der Waals surface area contributed by atoms with E-state index in [1.165, 1.54) is 10.9 Å². The van der Waals surface area contributed by atoms with Crippen LogP contribution in [-0.2, 0) is 6.54 Å². The van der Waals surface area contributed by atoms with Crippen LogP contribution in [0.25, 0.3) is 5.69 Å². The predicted molar refractivity (Wildman–Crippen MR) is 61.1 cm³/mol. The SMILES string of the molecule is Fc1cc(F)c(-n2nncc2CNC2CC2)cc1F. The van der Waals surface area contributed by atoms with E-state index in [9.17, 15) is 13.2 Å². The zero-order valence-corrected chi connectivity index (χ0v) is 9.91. The molecule has 19 heavy (non-hydrogen) atoms. The molecule has 1 aromatic carbocycles. The number of hydrogen-bond donors (Lipinski definition) is 1. The summed E-state index contributed by atoms with van der Waals surface area (Å²) in [5.74, 6) is -3.22. The molecular formula is C12H11F3N4. The van der Waals surface area contributed by atoms with E-state index < -0.39 is 17.5 Å². The summed E-state index contributed by atoms with van der Waals surface area (Å²) in [7, 11) is 0. The maximum absolute atomic E-state index is 13.7. The van der Waals surface area contributed by atoms with Crippen molar-refractivity contribution in [1.82, 2.24) is 20.3 Å². The number of benzene rings is 1. The third-order valence-electron chi connectivity index (χ3n) is 2.99. The van der Waals surface area contributed by atoms with Crippen molar-refractivity contribution in [2.45, 2.75) is 25.4 Å². The van der Waals surface area contributed by atoms with E-state index in [2.05, 4.69) is 15.6 Å². The fourth-order valence-corrected chi connectivity index (χ4v) is 1.79. The van der Waals surface area contributed by atoms with Crippen LogP contribution in [0.3, 0.4) is 0 Å². The summed E-state index contributed by atoms with van der Waals surface area (Å²) < 4.78 is 40.9. The number of halogens is 3. The van der Waals surface area contributed by atoms with E-state index in [4.69, 9.17) is 0 Å². The number of rotatable bonds is 4. The van der Waals surface area contributed by atoms with Crippen molar-refractivity contribution in [3.63, 3.8) is 0 Å². The van der Waals surface area contributed by atoms with Crippen molar-refractivity contribution in [3.8, 4) is 5.69 Å². The maximum Gasteiger partial charge on any atom is 0.161 e. The van der Waals surface area contributed by atoms with Gasteiger partial charge in [0.15, 0.2) is 17.5 Å². The van der Waals surface area contributed by atoms with Crippen molar-refractivity contribution in [2.75, 3.05) is 0 Å². The number of aromatic nitrogens is 3. The summed E-state index contributed by atoms with van der Waals surface area (Å²) in [4.78, 5) is 0. The molecule has 1 N–H and O–H groups in total. The van der Waals surface area contributed by atoms with Gasteiger partial charge in [-0.1, -0.05) is 5.21 Å². The van der Waals surface area contributed by atoms with Crippen molar-refractivity contribution in [2.24, 2.45) is 0 Å². The Hall–Kier alpha value is -1.89. The van der Waals surface area contributed by atoms with Gasteiger partial charge in [0.05, 0.1) is 11.9 Å². The fourth-order valence-electron chi connectivity index (χ4n) is 1.79. The largest absolute Gasteiger partial charge is 0.308 e. The normalized spacial score (nSPS) is 14.9. The van der Waals surface area contributed by atoms with Crippen LogP contribution in [0.5, 0.6) is 0 Å². The Morgan fingerprint density at radius 3 is 2.63 bits per heavy atom. The monoisotopic (exact) mass is 268 g/mol. The predicted octanol–water partition coefficient (Wildman–Crippen LogP) is 1.94. The Bertz CT molecular complexity index is 607. The van der Waals surface area contributed by atoms with Crippen LogP contribution < -0.4 is 5.32 Å². The number of nitrogens with one attached hydrogen (secondary N) is 1. The van der Waals surface area contributed by atoms with Gasteiger partial charge in [-0.05, 0) is 12.8 Å². The Kier molecular flexibility index (Phi) is 2.98. The lowest BCUT2D eigenvalue weighted by molar-refractivity contribution is 0.489. The summed E-state index contributed by atoms with van der Waals surface area (Å²) in [5, 5.41) is 10.6. The van der Waals surface area contributed by atoms with E-state index >= 15 is 0 Å². The molecule has 0 atom stereocenters. The van der Waals surface area contributed by atoms with Gasteiger partial charge in [0, 0.05) is 24.7 Å². The molecule has 1 aliphatic carbocycles. The third kappa shape index (κ3) is 2.46. The highest BCUT2D eigenvalue weighted by Crippen LogP contribution is 2.21. The molecule has 1 fully saturated rings. The Morgan fingerprint density at radius 1 is 1.16 bits per heavy atom. The van der Waals surface area contributed by atoms with Gasteiger partial charge in [-0.2, -0.15) is 0 Å². The van der Waals surface area contributed by atoms with Crippen LogP contribution >= 0.6 is 0 Å². The summed E-state index contributed by atoms with van der Waals surface area (Å²) in [6.07, 6.45) is 3.69. The van der Waals surface area contributed by atoms with E-state index in [-0.39, 0.29) is 5.69 Å². The molecule has 0 saturated heterocycles. The molecule has 2 aromatic rings. The first kappa shape index (κ1) is 12.2. The summed E-state index contributed by atoms with van der Waals surface area (Å²) in [5.41, 5.74) is 0.445. The maximum atomic E-state index is 13.7. The quantitative estimate of drug-likeness (QED) is 0.862. The highest BCUT2D eigenvalue weighted by Gasteiger charge is 2.21. The molecule has 3 rings (SSSR count). The van der Waals surface area contributed by atoms with E-state index in [0.29, 0.717) is 24.3 Å². The van der Waals surface area contributed by atoms with E-state index in [1.807, 2.05) is 0 Å². The van der Waals surface area contributed by atoms with E-state index in [1.54, 1.807) is 0 Å². The first-order valence-corrected chi connectivity index (χ1v) is 5.93. The minimum absolute atomic E-state index is 0.149. The highest BCUT2D eigenvalue weighted by atomic mass is 19.2. The molecule has 1 saturated carbocycles. The lowest BCUT2D eigenvalue weighted by Gasteiger charge is -2.08. The van der Waals surface area contributed by atoms with Crippen LogP contribution in [0.2, 0.25) is 0 Å². The molecule has 100 valence electrons. The lowest BCUT2D eigenvalue weighted by atomic mass is 10.2. The Morgan fingerprint density at radius 2 is 1.89 bits per heavy atom. The number of nitrogens with zero attached hydrogens (tertiary/aromatic N) is 3. The van der Waals surface area contributed by atoms with Crippen LogP contribution in [0.4, 0.5) is 13.2 Å². The second kappa shape index (κ2) is 4.65. The third-order valence-corrected chi connectivity index (χ3v) is 2.99. The van der Waals surface area contributed by atoms with Gasteiger partial charge >= 0.3 is 0 Å². The molecule has 0 spiro atoms. The topological polar surface area (TPSA) is 42.7 Å². The van der Waals surface area contributed by atoms with Crippen molar-refractivity contribution >= 4 is 0 Å². The van der Waals surface area contributed by atoms with Crippen molar-refractivity contribution < 1.29 is 13.2 Å². The fraction of sp³-hybridized carbons (Fsp3) is 0.333. The molecular weight excluding hydrogens is 257 g/mol. The van der Waals surface area contributed by atoms with Crippen LogP contribution in [-0.4, -0.2) is 21.0 Å². The summed E-state index contributed by atoms with van der Waals surface area (Å²) in [6, 6.07) is 1.75. The molecule has 1 aliphatic rings. The van der Waals surface area contributed by atoms with Crippen molar-refractivity contribution in [3.05, 3.63) is 41.5 Å². The first-order chi connectivity index (χ1) is 9.15. The average molecular weight is 268 g/mol. The Labute approximate surface area is 107 Å². The molecule has 0 radical (unpaired) electrons. The second-order valence-corrected chi connectivity index (χ2v) is 4.51.